The van der Waals surface area contributed by atoms with E-state index in [1.54, 1.807) is 19.2 Å². The molecule has 2 N–H and O–H groups in total. The highest BCUT2D eigenvalue weighted by molar-refractivity contribution is 5.76. The zero-order valence-corrected chi connectivity index (χ0v) is 13.8. The topological polar surface area (TPSA) is 58.6 Å². The molecule has 4 nitrogen and oxygen atoms in total. The van der Waals surface area contributed by atoms with E-state index in [0.29, 0.717) is 0 Å². The summed E-state index contributed by atoms with van der Waals surface area (Å²) in [7, 11) is 1.60. The molecule has 128 valence electrons. The highest BCUT2D eigenvalue weighted by Crippen LogP contribution is 2.22. The summed E-state index contributed by atoms with van der Waals surface area (Å²) in [6.07, 6.45) is -0.775. The van der Waals surface area contributed by atoms with E-state index in [2.05, 4.69) is 5.32 Å². The van der Waals surface area contributed by atoms with E-state index < -0.39 is 11.9 Å². The summed E-state index contributed by atoms with van der Waals surface area (Å²) in [5, 5.41) is 12.6. The van der Waals surface area contributed by atoms with Crippen LogP contribution in [0.1, 0.15) is 36.5 Å². The van der Waals surface area contributed by atoms with Crippen molar-refractivity contribution in [2.45, 2.75) is 25.4 Å². The van der Waals surface area contributed by atoms with E-state index >= 15 is 0 Å². The zero-order chi connectivity index (χ0) is 17.5. The van der Waals surface area contributed by atoms with Gasteiger partial charge in [0.25, 0.3) is 0 Å². The minimum Gasteiger partial charge on any atom is -0.497 e. The summed E-state index contributed by atoms with van der Waals surface area (Å²) >= 11 is 0. The standard InChI is InChI=1S/C19H22FNO3/c1-13(14-7-9-15(24-2)10-8-14)11-19(23)21-12-18(22)16-5-3-4-6-17(16)20/h3-10,13,18,22H,11-12H2,1-2H3,(H,21,23). The third-order valence-electron chi connectivity index (χ3n) is 3.93. The lowest BCUT2D eigenvalue weighted by atomic mass is 9.97. The molecule has 0 saturated heterocycles. The van der Waals surface area contributed by atoms with Crippen LogP contribution in [-0.4, -0.2) is 24.7 Å². The Morgan fingerprint density at radius 2 is 1.88 bits per heavy atom. The maximum absolute atomic E-state index is 13.6. The number of halogens is 1. The number of nitrogens with one attached hydrogen (secondary N) is 1. The lowest BCUT2D eigenvalue weighted by Crippen LogP contribution is -2.29. The van der Waals surface area contributed by atoms with Gasteiger partial charge in [0.05, 0.1) is 13.2 Å². The van der Waals surface area contributed by atoms with E-state index in [1.165, 1.54) is 12.1 Å². The third-order valence-corrected chi connectivity index (χ3v) is 3.93. The fourth-order valence-corrected chi connectivity index (χ4v) is 2.47. The van der Waals surface area contributed by atoms with Gasteiger partial charge < -0.3 is 15.2 Å². The molecule has 0 bridgehead atoms. The average Bonchev–Trinajstić information content (AvgIpc) is 2.60. The lowest BCUT2D eigenvalue weighted by Gasteiger charge is -2.15. The molecular formula is C19H22FNO3. The van der Waals surface area contributed by atoms with Gasteiger partial charge in [0, 0.05) is 18.5 Å². The first-order chi connectivity index (χ1) is 11.5. The summed E-state index contributed by atoms with van der Waals surface area (Å²) in [6.45, 7) is 1.93. The number of aliphatic hydroxyl groups is 1. The number of aliphatic hydroxyl groups excluding tert-OH is 1. The molecule has 5 heteroatoms. The molecule has 0 saturated carbocycles. The van der Waals surface area contributed by atoms with Gasteiger partial charge in [-0.05, 0) is 29.7 Å². The summed E-state index contributed by atoms with van der Waals surface area (Å²) in [4.78, 5) is 12.0. The predicted molar refractivity (Wildman–Crippen MR) is 90.4 cm³/mol. The first-order valence-electron chi connectivity index (χ1n) is 7.84. The first kappa shape index (κ1) is 17.9. The molecule has 2 atom stereocenters. The number of amides is 1. The van der Waals surface area contributed by atoms with Gasteiger partial charge in [-0.25, -0.2) is 4.39 Å². The number of hydrogen-bond donors (Lipinski definition) is 2. The largest absolute Gasteiger partial charge is 0.497 e. The second kappa shape index (κ2) is 8.45. The van der Waals surface area contributed by atoms with Crippen molar-refractivity contribution in [3.63, 3.8) is 0 Å². The average molecular weight is 331 g/mol. The number of methoxy groups -OCH3 is 1. The Kier molecular flexibility index (Phi) is 6.32. The molecule has 1 amide bonds. The SMILES string of the molecule is COc1ccc(C(C)CC(=O)NCC(O)c2ccccc2F)cc1. The van der Waals surface area contributed by atoms with Gasteiger partial charge in [-0.3, -0.25) is 4.79 Å². The van der Waals surface area contributed by atoms with Crippen LogP contribution >= 0.6 is 0 Å². The minimum atomic E-state index is -1.06. The fraction of sp³-hybridized carbons (Fsp3) is 0.316. The fourth-order valence-electron chi connectivity index (χ4n) is 2.47. The Morgan fingerprint density at radius 3 is 2.50 bits per heavy atom. The molecule has 2 rings (SSSR count). The van der Waals surface area contributed by atoms with Crippen molar-refractivity contribution >= 4 is 5.91 Å². The van der Waals surface area contributed by atoms with E-state index in [-0.39, 0.29) is 30.4 Å². The Labute approximate surface area is 141 Å². The lowest BCUT2D eigenvalue weighted by molar-refractivity contribution is -0.121. The molecule has 2 aromatic rings. The van der Waals surface area contributed by atoms with Crippen molar-refractivity contribution in [2.75, 3.05) is 13.7 Å². The molecule has 2 aromatic carbocycles. The Bertz CT molecular complexity index is 673. The van der Waals surface area contributed by atoms with Crippen molar-refractivity contribution in [2.24, 2.45) is 0 Å². The van der Waals surface area contributed by atoms with Crippen LogP contribution in [-0.2, 0) is 4.79 Å². The highest BCUT2D eigenvalue weighted by atomic mass is 19.1. The summed E-state index contributed by atoms with van der Waals surface area (Å²) in [6, 6.07) is 13.5. The van der Waals surface area contributed by atoms with Crippen LogP contribution in [0.25, 0.3) is 0 Å². The summed E-state index contributed by atoms with van der Waals surface area (Å²) in [5.74, 6) is 0.129. The van der Waals surface area contributed by atoms with Crippen molar-refractivity contribution in [1.29, 1.82) is 0 Å². The third kappa shape index (κ3) is 4.80. The van der Waals surface area contributed by atoms with Crippen molar-refractivity contribution in [3.05, 3.63) is 65.5 Å². The van der Waals surface area contributed by atoms with Crippen molar-refractivity contribution < 1.29 is 19.0 Å². The molecule has 24 heavy (non-hydrogen) atoms. The quantitative estimate of drug-likeness (QED) is 0.819. The number of ether oxygens (including phenoxy) is 1. The summed E-state index contributed by atoms with van der Waals surface area (Å²) < 4.78 is 18.7. The highest BCUT2D eigenvalue weighted by Gasteiger charge is 2.15. The van der Waals surface area contributed by atoms with Crippen LogP contribution in [0.15, 0.2) is 48.5 Å². The molecule has 0 aliphatic heterocycles. The van der Waals surface area contributed by atoms with Crippen LogP contribution in [0.3, 0.4) is 0 Å². The van der Waals surface area contributed by atoms with Crippen LogP contribution < -0.4 is 10.1 Å². The van der Waals surface area contributed by atoms with Gasteiger partial charge in [-0.15, -0.1) is 0 Å². The maximum atomic E-state index is 13.6. The van der Waals surface area contributed by atoms with Gasteiger partial charge in [0.2, 0.25) is 5.91 Å². The number of benzene rings is 2. The van der Waals surface area contributed by atoms with E-state index in [4.69, 9.17) is 4.74 Å². The second-order valence-electron chi connectivity index (χ2n) is 5.72. The Hall–Kier alpha value is -2.40. The van der Waals surface area contributed by atoms with Crippen LogP contribution in [0.2, 0.25) is 0 Å². The van der Waals surface area contributed by atoms with E-state index in [9.17, 15) is 14.3 Å². The molecule has 2 unspecified atom stereocenters. The van der Waals surface area contributed by atoms with E-state index in [1.807, 2.05) is 31.2 Å². The molecule has 0 aromatic heterocycles. The molecule has 0 radical (unpaired) electrons. The van der Waals surface area contributed by atoms with Gasteiger partial charge in [-0.2, -0.15) is 0 Å². The van der Waals surface area contributed by atoms with Gasteiger partial charge in [0.15, 0.2) is 0 Å². The van der Waals surface area contributed by atoms with Gasteiger partial charge in [-0.1, -0.05) is 37.3 Å². The molecule has 0 heterocycles. The van der Waals surface area contributed by atoms with Crippen LogP contribution in [0.5, 0.6) is 5.75 Å². The van der Waals surface area contributed by atoms with Gasteiger partial charge >= 0.3 is 0 Å². The molecular weight excluding hydrogens is 309 g/mol. The number of carbonyl (C=O) groups excluding carboxylic acids is 1. The minimum absolute atomic E-state index is 0.0188. The normalized spacial score (nSPS) is 13.2. The molecule has 0 aliphatic carbocycles. The predicted octanol–water partition coefficient (Wildman–Crippen LogP) is 3.18. The monoisotopic (exact) mass is 331 g/mol. The molecule has 0 fully saturated rings. The summed E-state index contributed by atoms with van der Waals surface area (Å²) in [5.41, 5.74) is 1.21. The zero-order valence-electron chi connectivity index (χ0n) is 13.8. The van der Waals surface area contributed by atoms with Crippen LogP contribution in [0, 0.1) is 5.82 Å². The molecule has 0 spiro atoms. The maximum Gasteiger partial charge on any atom is 0.220 e. The number of carbonyl (C=O) groups is 1. The van der Waals surface area contributed by atoms with Crippen molar-refractivity contribution in [3.8, 4) is 5.75 Å². The Balaban J connectivity index is 1.85. The second-order valence-corrected chi connectivity index (χ2v) is 5.72. The number of hydrogen-bond acceptors (Lipinski definition) is 3. The smallest absolute Gasteiger partial charge is 0.220 e. The van der Waals surface area contributed by atoms with E-state index in [0.717, 1.165) is 11.3 Å². The molecule has 0 aliphatic rings. The Morgan fingerprint density at radius 1 is 1.21 bits per heavy atom. The van der Waals surface area contributed by atoms with Crippen molar-refractivity contribution in [1.82, 2.24) is 5.32 Å². The van der Waals surface area contributed by atoms with Gasteiger partial charge in [0.1, 0.15) is 11.6 Å². The first-order valence-corrected chi connectivity index (χ1v) is 7.84. The van der Waals surface area contributed by atoms with Crippen LogP contribution in [0.4, 0.5) is 4.39 Å². The number of rotatable bonds is 7.